The number of nitrogens with one attached hydrogen (secondary N) is 4. The zero-order valence-electron chi connectivity index (χ0n) is 53.9. The SMILES string of the molecule is Brc1cc2/c(=N\Nc3ccccc3)c3cc4c(cc3c2s1)/c(=N/Nc1ccccc1)c1cc(Br)sc14.Cc1ccc(-c2ccc(-c3cc4/c(=N\Nc5ccccc5)c5c(C)c6c(c(C)c5c4s3)/c(=N/Nc3ccccc3)c3cc(C)sc36)s2)cc1.Cc1ccc(-c2ccc(C)s2)cc1. The number of benzene rings is 8. The van der Waals surface area contributed by atoms with Gasteiger partial charge in [-0.05, 0) is 205 Å². The lowest BCUT2D eigenvalue weighted by molar-refractivity contribution is 1.25. The lowest BCUT2D eigenvalue weighted by Crippen LogP contribution is -2.07. The van der Waals surface area contributed by atoms with E-state index in [9.17, 15) is 0 Å². The van der Waals surface area contributed by atoms with Crippen molar-refractivity contribution in [2.75, 3.05) is 21.7 Å². The van der Waals surface area contributed by atoms with Crippen LogP contribution in [0.4, 0.5) is 22.7 Å². The number of para-hydroxylation sites is 4. The smallest absolute Gasteiger partial charge is 0.100 e. The summed E-state index contributed by atoms with van der Waals surface area (Å²) in [5.74, 6) is 0. The van der Waals surface area contributed by atoms with Crippen molar-refractivity contribution < 1.29 is 0 Å². The molecule has 98 heavy (non-hydrogen) atoms. The third kappa shape index (κ3) is 12.2. The van der Waals surface area contributed by atoms with Crippen LogP contribution in [0.1, 0.15) is 32.0 Å². The van der Waals surface area contributed by atoms with Gasteiger partial charge in [0.1, 0.15) is 10.7 Å². The largest absolute Gasteiger partial charge is 0.278 e. The van der Waals surface area contributed by atoms with Crippen LogP contribution >= 0.6 is 99.9 Å². The number of rotatable bonds is 11. The van der Waals surface area contributed by atoms with Crippen molar-refractivity contribution in [2.24, 2.45) is 20.4 Å². The van der Waals surface area contributed by atoms with Gasteiger partial charge in [0.25, 0.3) is 0 Å². The minimum absolute atomic E-state index is 0.957. The van der Waals surface area contributed by atoms with Gasteiger partial charge in [0.15, 0.2) is 0 Å². The fourth-order valence-corrected chi connectivity index (χ4v) is 20.6. The molecule has 4 N–H and O–H groups in total. The van der Waals surface area contributed by atoms with E-state index in [1.54, 1.807) is 22.7 Å². The molecule has 0 unspecified atom stereocenters. The van der Waals surface area contributed by atoms with Crippen molar-refractivity contribution in [2.45, 2.75) is 41.5 Å². The van der Waals surface area contributed by atoms with Crippen LogP contribution in [-0.2, 0) is 0 Å². The van der Waals surface area contributed by atoms with E-state index in [0.29, 0.717) is 0 Å². The highest BCUT2D eigenvalue weighted by molar-refractivity contribution is 9.11. The first-order valence-corrected chi connectivity index (χ1v) is 38.4. The van der Waals surface area contributed by atoms with Crippen molar-refractivity contribution in [1.82, 2.24) is 0 Å². The number of anilines is 4. The van der Waals surface area contributed by atoms with Crippen LogP contribution in [0.25, 0.3) is 114 Å². The third-order valence-corrected chi connectivity index (χ3v) is 25.6. The summed E-state index contributed by atoms with van der Waals surface area (Å²) in [5.41, 5.74) is 24.8. The summed E-state index contributed by atoms with van der Waals surface area (Å²) >= 11 is 18.3. The number of halogens is 2. The zero-order valence-corrected chi connectivity index (χ0v) is 62.0. The molecule has 0 bridgehead atoms. The molecule has 18 rings (SSSR count). The van der Waals surface area contributed by atoms with E-state index in [1.165, 1.54) is 125 Å². The molecule has 0 saturated heterocycles. The third-order valence-electron chi connectivity index (χ3n) is 17.6. The van der Waals surface area contributed by atoms with Crippen LogP contribution in [0, 0.1) is 41.5 Å². The molecular weight excluding hydrogens is 1450 g/mol. The van der Waals surface area contributed by atoms with Crippen molar-refractivity contribution in [1.29, 1.82) is 0 Å². The molecule has 0 aliphatic heterocycles. The highest BCUT2D eigenvalue weighted by Crippen LogP contribution is 2.47. The maximum atomic E-state index is 5.17. The quantitative estimate of drug-likeness (QED) is 0.0970. The highest BCUT2D eigenvalue weighted by atomic mass is 79.9. The standard InChI is InChI=1S/C42H32N4S3.C28H16Br2N4S2.C12H12S/c1-23-15-17-27(18-16-23)32-19-20-33(48-32)34-22-31-40(46-44-29-13-9-6-10-14-29)36-25(3)37-35(26(4)38(36)42(31)49-34)39(30-21-24(2)47-41(30)37)45-43-28-11-7-5-8-12-28;29-23-13-21-25(33-31-15-7-3-1-4-8-15)17-11-20-18(12-19(17)27(21)35-23)26(22-14-24(30)36-28(20)22)34-32-16-9-5-2-6-10-16;1-9-3-6-11(7-4-9)12-8-5-10(2)13-12/h5-22,43-44H,1-4H3;1-14,31-32H;3-8H,1-2H3/b45-39+,46-40+;33-25-,34-26-;. The second-order valence-corrected chi connectivity index (χ2v) is 33.8. The second-order valence-electron chi connectivity index (χ2n) is 24.3. The number of hydrogen-bond acceptors (Lipinski definition) is 14. The van der Waals surface area contributed by atoms with E-state index < -0.39 is 0 Å². The molecule has 6 heterocycles. The molecule has 0 fully saturated rings. The predicted molar refractivity (Wildman–Crippen MR) is 434 cm³/mol. The van der Waals surface area contributed by atoms with Gasteiger partial charge in [-0.25, -0.2) is 0 Å². The van der Waals surface area contributed by atoms with Gasteiger partial charge < -0.3 is 0 Å². The molecule has 0 amide bonds. The Morgan fingerprint density at radius 3 is 1.07 bits per heavy atom. The molecule has 12 aromatic carbocycles. The van der Waals surface area contributed by atoms with E-state index in [2.05, 4.69) is 229 Å². The Labute approximate surface area is 606 Å². The Bertz CT molecular complexity index is 6110. The van der Waals surface area contributed by atoms with Crippen molar-refractivity contribution in [3.63, 3.8) is 0 Å². The van der Waals surface area contributed by atoms with Crippen LogP contribution in [0.5, 0.6) is 0 Å². The van der Waals surface area contributed by atoms with E-state index in [-0.39, 0.29) is 0 Å². The van der Waals surface area contributed by atoms with Crippen molar-refractivity contribution >= 4 is 206 Å². The topological polar surface area (TPSA) is 97.6 Å². The average Bonchev–Trinajstić information content (AvgIpc) is 1.54. The van der Waals surface area contributed by atoms with Crippen LogP contribution in [-0.4, -0.2) is 0 Å². The molecular formula is C82H60Br2N8S6. The van der Waals surface area contributed by atoms with Crippen LogP contribution in [0.3, 0.4) is 0 Å². The van der Waals surface area contributed by atoms with E-state index in [4.69, 9.17) is 20.4 Å². The molecule has 0 aliphatic carbocycles. The molecule has 0 spiro atoms. The molecule has 0 radical (unpaired) electrons. The fraction of sp³-hybridized carbons (Fsp3) is 0.0732. The summed E-state index contributed by atoms with van der Waals surface area (Å²) in [4.78, 5) is 7.83. The predicted octanol–water partition coefficient (Wildman–Crippen LogP) is 24.5. The van der Waals surface area contributed by atoms with E-state index >= 15 is 0 Å². The van der Waals surface area contributed by atoms with Gasteiger partial charge in [-0.15, -0.1) is 68.0 Å². The highest BCUT2D eigenvalue weighted by Gasteiger charge is 2.26. The van der Waals surface area contributed by atoms with Gasteiger partial charge >= 0.3 is 0 Å². The Balaban J connectivity index is 0.000000133. The molecule has 0 aliphatic rings. The first-order valence-electron chi connectivity index (χ1n) is 31.9. The Morgan fingerprint density at radius 2 is 0.643 bits per heavy atom. The van der Waals surface area contributed by atoms with Crippen molar-refractivity contribution in [3.8, 4) is 30.6 Å². The van der Waals surface area contributed by atoms with Gasteiger partial charge in [-0.3, -0.25) is 21.7 Å². The molecule has 6 aromatic heterocycles. The maximum Gasteiger partial charge on any atom is 0.100 e. The summed E-state index contributed by atoms with van der Waals surface area (Å²) in [5, 5.41) is 38.2. The first kappa shape index (κ1) is 63.5. The normalized spacial score (nSPS) is 12.5. The van der Waals surface area contributed by atoms with Crippen molar-refractivity contribution in [3.05, 3.63) is 292 Å². The Kier molecular flexibility index (Phi) is 17.4. The zero-order chi connectivity index (χ0) is 66.7. The van der Waals surface area contributed by atoms with E-state index in [1.807, 2.05) is 142 Å². The average molecular weight is 1510 g/mol. The molecule has 478 valence electrons. The van der Waals surface area contributed by atoms with Crippen LogP contribution in [0.2, 0.25) is 0 Å². The monoisotopic (exact) mass is 1510 g/mol. The van der Waals surface area contributed by atoms with Gasteiger partial charge in [-0.1, -0.05) is 132 Å². The number of nitrogens with zero attached hydrogens (tertiary/aromatic N) is 4. The van der Waals surface area contributed by atoms with Gasteiger partial charge in [-0.2, -0.15) is 20.4 Å². The second kappa shape index (κ2) is 26.9. The van der Waals surface area contributed by atoms with Crippen LogP contribution < -0.4 is 43.1 Å². The summed E-state index contributed by atoms with van der Waals surface area (Å²) in [6.07, 6.45) is 0. The molecule has 18 aromatic rings. The van der Waals surface area contributed by atoms with Gasteiger partial charge in [0.05, 0.1) is 41.0 Å². The minimum Gasteiger partial charge on any atom is -0.278 e. The summed E-state index contributed by atoms with van der Waals surface area (Å²) in [6.45, 7) is 13.1. The molecule has 0 saturated carbocycles. The summed E-state index contributed by atoms with van der Waals surface area (Å²) < 4.78 is 7.19. The lowest BCUT2D eigenvalue weighted by Gasteiger charge is -2.07. The fourth-order valence-electron chi connectivity index (χ4n) is 13.0. The number of hydrogen-bond donors (Lipinski definition) is 4. The maximum absolute atomic E-state index is 5.17. The number of thiophene rings is 6. The lowest BCUT2D eigenvalue weighted by atomic mass is 9.98. The van der Waals surface area contributed by atoms with Gasteiger partial charge in [0.2, 0.25) is 0 Å². The molecule has 8 nitrogen and oxygen atoms in total. The van der Waals surface area contributed by atoms with E-state index in [0.717, 1.165) is 73.3 Å². The van der Waals surface area contributed by atoms with Crippen LogP contribution in [0.15, 0.2) is 259 Å². The minimum atomic E-state index is 0.957. The Hall–Kier alpha value is -9.20. The number of aryl methyl sites for hydroxylation is 6. The molecule has 16 heteroatoms. The Morgan fingerprint density at radius 1 is 0.265 bits per heavy atom. The molecule has 0 atom stereocenters. The first-order chi connectivity index (χ1) is 47.8. The summed E-state index contributed by atoms with van der Waals surface area (Å²) in [6, 6.07) is 80.4. The van der Waals surface area contributed by atoms with Gasteiger partial charge in [0, 0.05) is 113 Å². The number of fused-ring (bicyclic) bond motifs is 12. The summed E-state index contributed by atoms with van der Waals surface area (Å²) in [7, 11) is 0.